The fourth-order valence-electron chi connectivity index (χ4n) is 2.61. The molecule has 25 heavy (non-hydrogen) atoms. The first-order chi connectivity index (χ1) is 12.0. The third kappa shape index (κ3) is 4.39. The SMILES string of the molecule is O=C([O-])NCc1cccc(-c2ccc(CC3SC(=O)NC3=O)cc2)c1. The Balaban J connectivity index is 1.70. The number of carboxylic acid groups (broad SMARTS) is 1. The fourth-order valence-corrected chi connectivity index (χ4v) is 3.47. The van der Waals surface area contributed by atoms with Crippen molar-refractivity contribution >= 4 is 29.0 Å². The van der Waals surface area contributed by atoms with E-state index in [0.717, 1.165) is 34.0 Å². The molecule has 0 radical (unpaired) electrons. The predicted molar refractivity (Wildman–Crippen MR) is 92.7 cm³/mol. The molecule has 1 aliphatic rings. The molecule has 1 unspecified atom stereocenters. The van der Waals surface area contributed by atoms with Crippen molar-refractivity contribution in [1.29, 1.82) is 0 Å². The maximum absolute atomic E-state index is 11.6. The van der Waals surface area contributed by atoms with Crippen molar-refractivity contribution in [1.82, 2.24) is 10.6 Å². The Labute approximate surface area is 148 Å². The highest BCUT2D eigenvalue weighted by atomic mass is 32.2. The molecule has 0 spiro atoms. The normalized spacial score (nSPS) is 16.6. The van der Waals surface area contributed by atoms with Crippen molar-refractivity contribution in [3.63, 3.8) is 0 Å². The van der Waals surface area contributed by atoms with E-state index in [1.54, 1.807) is 0 Å². The molecule has 6 nitrogen and oxygen atoms in total. The quantitative estimate of drug-likeness (QED) is 0.850. The molecule has 0 bridgehead atoms. The second kappa shape index (κ2) is 7.40. The summed E-state index contributed by atoms with van der Waals surface area (Å²) in [6.45, 7) is 0.191. The van der Waals surface area contributed by atoms with E-state index < -0.39 is 6.09 Å². The zero-order chi connectivity index (χ0) is 17.8. The molecule has 3 amide bonds. The molecule has 0 saturated carbocycles. The minimum atomic E-state index is -1.30. The molecule has 128 valence electrons. The monoisotopic (exact) mass is 355 g/mol. The van der Waals surface area contributed by atoms with Gasteiger partial charge in [-0.1, -0.05) is 54.2 Å². The van der Waals surface area contributed by atoms with Gasteiger partial charge in [-0.15, -0.1) is 0 Å². The van der Waals surface area contributed by atoms with Crippen molar-refractivity contribution in [3.8, 4) is 11.1 Å². The Hall–Kier alpha value is -2.80. The van der Waals surface area contributed by atoms with Gasteiger partial charge in [-0.2, -0.15) is 0 Å². The number of rotatable bonds is 5. The number of carbonyl (C=O) groups excluding carboxylic acids is 3. The largest absolute Gasteiger partial charge is 0.530 e. The van der Waals surface area contributed by atoms with Crippen LogP contribution in [-0.2, 0) is 17.8 Å². The van der Waals surface area contributed by atoms with Gasteiger partial charge in [0.05, 0.1) is 5.25 Å². The average molecular weight is 355 g/mol. The number of thioether (sulfide) groups is 1. The van der Waals surface area contributed by atoms with Crippen LogP contribution in [0.1, 0.15) is 11.1 Å². The molecule has 1 heterocycles. The third-order valence-electron chi connectivity index (χ3n) is 3.84. The van der Waals surface area contributed by atoms with Gasteiger partial charge < -0.3 is 15.2 Å². The maximum Gasteiger partial charge on any atom is 0.286 e. The standard InChI is InChI=1S/C18H16N2O4S/c21-16-15(25-18(24)20-16)9-11-4-6-13(7-5-11)14-3-1-2-12(8-14)10-19-17(22)23/h1-8,15,19H,9-10H2,(H,22,23)(H,20,21,24)/p-1. The van der Waals surface area contributed by atoms with E-state index in [-0.39, 0.29) is 22.9 Å². The summed E-state index contributed by atoms with van der Waals surface area (Å²) in [5.41, 5.74) is 3.76. The molecular formula is C18H15N2O4S-. The Morgan fingerprint density at radius 2 is 1.84 bits per heavy atom. The highest BCUT2D eigenvalue weighted by Gasteiger charge is 2.31. The summed E-state index contributed by atoms with van der Waals surface area (Å²) in [4.78, 5) is 33.3. The number of nitrogens with one attached hydrogen (secondary N) is 2. The van der Waals surface area contributed by atoms with Crippen LogP contribution in [0, 0.1) is 0 Å². The Bertz CT molecular complexity index is 820. The van der Waals surface area contributed by atoms with Crippen LogP contribution in [0.5, 0.6) is 0 Å². The minimum Gasteiger partial charge on any atom is -0.530 e. The van der Waals surface area contributed by atoms with Gasteiger partial charge >= 0.3 is 0 Å². The topological polar surface area (TPSA) is 98.3 Å². The van der Waals surface area contributed by atoms with Crippen molar-refractivity contribution in [2.45, 2.75) is 18.2 Å². The Morgan fingerprint density at radius 1 is 1.08 bits per heavy atom. The third-order valence-corrected chi connectivity index (χ3v) is 4.82. The number of benzene rings is 2. The molecule has 2 N–H and O–H groups in total. The number of amides is 3. The van der Waals surface area contributed by atoms with Crippen LogP contribution in [0.3, 0.4) is 0 Å². The Kier molecular flexibility index (Phi) is 5.04. The van der Waals surface area contributed by atoms with E-state index >= 15 is 0 Å². The van der Waals surface area contributed by atoms with Gasteiger partial charge in [-0.05, 0) is 34.7 Å². The zero-order valence-corrected chi connectivity index (χ0v) is 14.0. The molecule has 7 heteroatoms. The molecule has 0 aromatic heterocycles. The van der Waals surface area contributed by atoms with Gasteiger partial charge in [0, 0.05) is 6.54 Å². The van der Waals surface area contributed by atoms with Crippen LogP contribution in [0.4, 0.5) is 9.59 Å². The predicted octanol–water partition coefficient (Wildman–Crippen LogP) is 1.68. The summed E-state index contributed by atoms with van der Waals surface area (Å²) in [6.07, 6.45) is -0.806. The summed E-state index contributed by atoms with van der Waals surface area (Å²) in [6, 6.07) is 15.3. The highest BCUT2D eigenvalue weighted by Crippen LogP contribution is 2.25. The van der Waals surface area contributed by atoms with Crippen molar-refractivity contribution in [2.75, 3.05) is 0 Å². The van der Waals surface area contributed by atoms with Gasteiger partial charge in [0.15, 0.2) is 0 Å². The Morgan fingerprint density at radius 3 is 2.48 bits per heavy atom. The second-order valence-corrected chi connectivity index (χ2v) is 6.80. The number of hydrogen-bond acceptors (Lipinski definition) is 5. The lowest BCUT2D eigenvalue weighted by atomic mass is 10.0. The van der Waals surface area contributed by atoms with Crippen LogP contribution < -0.4 is 15.7 Å². The maximum atomic E-state index is 11.6. The highest BCUT2D eigenvalue weighted by molar-refractivity contribution is 8.15. The number of hydrogen-bond donors (Lipinski definition) is 2. The lowest BCUT2D eigenvalue weighted by Gasteiger charge is -2.10. The number of carbonyl (C=O) groups is 3. The van der Waals surface area contributed by atoms with E-state index in [1.807, 2.05) is 48.5 Å². The lowest BCUT2D eigenvalue weighted by molar-refractivity contribution is -0.251. The van der Waals surface area contributed by atoms with Crippen molar-refractivity contribution in [3.05, 3.63) is 59.7 Å². The first-order valence-corrected chi connectivity index (χ1v) is 8.54. The zero-order valence-electron chi connectivity index (χ0n) is 13.2. The molecule has 0 aliphatic carbocycles. The summed E-state index contributed by atoms with van der Waals surface area (Å²) in [5.74, 6) is -0.243. The van der Waals surface area contributed by atoms with Crippen LogP contribution in [0.25, 0.3) is 11.1 Å². The average Bonchev–Trinajstić information content (AvgIpc) is 2.91. The molecule has 1 aliphatic heterocycles. The smallest absolute Gasteiger partial charge is 0.286 e. The van der Waals surface area contributed by atoms with Crippen LogP contribution in [0.15, 0.2) is 48.5 Å². The van der Waals surface area contributed by atoms with Crippen molar-refractivity contribution in [2.24, 2.45) is 0 Å². The molecule has 2 aromatic rings. The van der Waals surface area contributed by atoms with E-state index in [4.69, 9.17) is 0 Å². The molecule has 1 saturated heterocycles. The molecule has 1 fully saturated rings. The van der Waals surface area contributed by atoms with E-state index in [2.05, 4.69) is 10.6 Å². The van der Waals surface area contributed by atoms with Gasteiger partial charge in [-0.25, -0.2) is 0 Å². The lowest BCUT2D eigenvalue weighted by Crippen LogP contribution is -2.35. The molecular weight excluding hydrogens is 340 g/mol. The first kappa shape index (κ1) is 17.0. The first-order valence-electron chi connectivity index (χ1n) is 7.66. The number of imide groups is 1. The molecule has 2 aromatic carbocycles. The minimum absolute atomic E-state index is 0.191. The summed E-state index contributed by atoms with van der Waals surface area (Å²) >= 11 is 1.02. The van der Waals surface area contributed by atoms with Gasteiger partial charge in [0.2, 0.25) is 5.91 Å². The van der Waals surface area contributed by atoms with Gasteiger partial charge in [-0.3, -0.25) is 14.9 Å². The van der Waals surface area contributed by atoms with Crippen molar-refractivity contribution < 1.29 is 19.5 Å². The summed E-state index contributed by atoms with van der Waals surface area (Å²) in [7, 11) is 0. The van der Waals surface area contributed by atoms with Crippen LogP contribution in [-0.4, -0.2) is 22.5 Å². The van der Waals surface area contributed by atoms with Gasteiger partial charge in [0.25, 0.3) is 5.24 Å². The molecule has 1 atom stereocenters. The van der Waals surface area contributed by atoms with E-state index in [1.165, 1.54) is 0 Å². The molecule has 3 rings (SSSR count). The van der Waals surface area contributed by atoms with Gasteiger partial charge in [0.1, 0.15) is 6.09 Å². The van der Waals surface area contributed by atoms with Crippen LogP contribution >= 0.6 is 11.8 Å². The second-order valence-electron chi connectivity index (χ2n) is 5.63. The summed E-state index contributed by atoms with van der Waals surface area (Å²) < 4.78 is 0. The van der Waals surface area contributed by atoms with Crippen LogP contribution in [0.2, 0.25) is 0 Å². The fraction of sp³-hybridized carbons (Fsp3) is 0.167. The van der Waals surface area contributed by atoms with E-state index in [9.17, 15) is 19.5 Å². The van der Waals surface area contributed by atoms with E-state index in [0.29, 0.717) is 6.42 Å². The summed E-state index contributed by atoms with van der Waals surface area (Å²) in [5, 5.41) is 14.3.